The lowest BCUT2D eigenvalue weighted by atomic mass is 10.3. The molecule has 0 bridgehead atoms. The molecule has 0 saturated heterocycles. The second-order valence-corrected chi connectivity index (χ2v) is 5.73. The van der Waals surface area contributed by atoms with Crippen LogP contribution < -0.4 is 5.32 Å². The van der Waals surface area contributed by atoms with Crippen LogP contribution in [0.4, 0.5) is 6.01 Å². The minimum atomic E-state index is -0.426. The number of ketones is 1. The first kappa shape index (κ1) is 13.7. The maximum atomic E-state index is 12.0. The summed E-state index contributed by atoms with van der Waals surface area (Å²) < 4.78 is 5.10. The number of nitrogens with zero attached hydrogens (tertiary/aromatic N) is 2. The monoisotopic (exact) mass is 319 g/mol. The van der Waals surface area contributed by atoms with Crippen LogP contribution in [0.5, 0.6) is 0 Å². The first-order chi connectivity index (χ1) is 10.1. The highest BCUT2D eigenvalue weighted by Crippen LogP contribution is 2.26. The second kappa shape index (κ2) is 5.58. The Morgan fingerprint density at radius 2 is 2.19 bits per heavy atom. The summed E-state index contributed by atoms with van der Waals surface area (Å²) in [4.78, 5) is 31.2. The van der Waals surface area contributed by atoms with Crippen LogP contribution in [0.15, 0.2) is 32.8 Å². The van der Waals surface area contributed by atoms with E-state index >= 15 is 0 Å². The molecule has 0 fully saturated rings. The number of nitrogens with one attached hydrogen (secondary N) is 1. The van der Waals surface area contributed by atoms with Gasteiger partial charge in [0.25, 0.3) is 5.91 Å². The third-order valence-corrected chi connectivity index (χ3v) is 4.15. The molecule has 0 aliphatic carbocycles. The molecular formula is C13H9N3O3S2. The number of thiazole rings is 1. The fourth-order valence-electron chi connectivity index (χ4n) is 1.55. The van der Waals surface area contributed by atoms with Crippen LogP contribution in [0.25, 0.3) is 10.6 Å². The fraction of sp³-hybridized carbons (Fsp3) is 0.0769. The molecule has 3 rings (SSSR count). The van der Waals surface area contributed by atoms with Crippen LogP contribution in [0.1, 0.15) is 28.0 Å². The van der Waals surface area contributed by atoms with E-state index in [-0.39, 0.29) is 23.3 Å². The van der Waals surface area contributed by atoms with Crippen LogP contribution in [0.3, 0.4) is 0 Å². The van der Waals surface area contributed by atoms with Gasteiger partial charge < -0.3 is 4.42 Å². The zero-order valence-corrected chi connectivity index (χ0v) is 12.5. The van der Waals surface area contributed by atoms with Crippen molar-refractivity contribution < 1.29 is 14.0 Å². The van der Waals surface area contributed by atoms with E-state index in [1.54, 1.807) is 16.7 Å². The van der Waals surface area contributed by atoms with Crippen molar-refractivity contribution in [1.82, 2.24) is 9.97 Å². The van der Waals surface area contributed by atoms with Gasteiger partial charge in [0.2, 0.25) is 0 Å². The Balaban J connectivity index is 1.74. The lowest BCUT2D eigenvalue weighted by Crippen LogP contribution is -2.12. The molecular weight excluding hydrogens is 310 g/mol. The topological polar surface area (TPSA) is 85.1 Å². The highest BCUT2D eigenvalue weighted by molar-refractivity contribution is 7.14. The normalized spacial score (nSPS) is 10.5. The summed E-state index contributed by atoms with van der Waals surface area (Å²) in [6.07, 6.45) is 1.27. The Morgan fingerprint density at radius 3 is 2.86 bits per heavy atom. The van der Waals surface area contributed by atoms with Crippen LogP contribution in [-0.2, 0) is 0 Å². The van der Waals surface area contributed by atoms with Crippen LogP contribution in [0, 0.1) is 0 Å². The summed E-state index contributed by atoms with van der Waals surface area (Å²) >= 11 is 2.96. The number of anilines is 1. The number of hydrogen-bond donors (Lipinski definition) is 1. The smallest absolute Gasteiger partial charge is 0.302 e. The lowest BCUT2D eigenvalue weighted by Gasteiger charge is -1.96. The number of amides is 1. The Kier molecular flexibility index (Phi) is 3.63. The van der Waals surface area contributed by atoms with Gasteiger partial charge in [-0.1, -0.05) is 0 Å². The summed E-state index contributed by atoms with van der Waals surface area (Å²) in [7, 11) is 0. The van der Waals surface area contributed by atoms with Crippen LogP contribution >= 0.6 is 22.7 Å². The highest BCUT2D eigenvalue weighted by atomic mass is 32.1. The average molecular weight is 319 g/mol. The molecule has 1 amide bonds. The molecule has 0 spiro atoms. The Bertz CT molecular complexity index is 789. The van der Waals surface area contributed by atoms with Crippen molar-refractivity contribution in [2.24, 2.45) is 0 Å². The van der Waals surface area contributed by atoms with Crippen molar-refractivity contribution in [1.29, 1.82) is 0 Å². The van der Waals surface area contributed by atoms with E-state index in [1.165, 1.54) is 24.5 Å². The van der Waals surface area contributed by atoms with Crippen LogP contribution in [-0.4, -0.2) is 21.7 Å². The maximum absolute atomic E-state index is 12.0. The quantitative estimate of drug-likeness (QED) is 0.746. The zero-order chi connectivity index (χ0) is 14.8. The van der Waals surface area contributed by atoms with Crippen molar-refractivity contribution in [2.45, 2.75) is 6.92 Å². The van der Waals surface area contributed by atoms with E-state index in [2.05, 4.69) is 15.3 Å². The number of carbonyl (C=O) groups is 2. The molecule has 21 heavy (non-hydrogen) atoms. The number of rotatable bonds is 4. The van der Waals surface area contributed by atoms with E-state index in [0.717, 1.165) is 10.6 Å². The molecule has 3 aromatic heterocycles. The maximum Gasteiger partial charge on any atom is 0.302 e. The molecule has 106 valence electrons. The van der Waals surface area contributed by atoms with Crippen molar-refractivity contribution >= 4 is 40.4 Å². The molecule has 0 radical (unpaired) electrons. The molecule has 3 heterocycles. The summed E-state index contributed by atoms with van der Waals surface area (Å²) in [6.45, 7) is 1.36. The molecule has 0 aliphatic rings. The average Bonchev–Trinajstić information content (AvgIpc) is 3.19. The molecule has 0 unspecified atom stereocenters. The van der Waals surface area contributed by atoms with E-state index < -0.39 is 5.91 Å². The fourth-order valence-corrected chi connectivity index (χ4v) is 3.06. The van der Waals surface area contributed by atoms with E-state index in [9.17, 15) is 9.59 Å². The number of hydrogen-bond acceptors (Lipinski definition) is 7. The van der Waals surface area contributed by atoms with Gasteiger partial charge in [0.15, 0.2) is 11.5 Å². The third kappa shape index (κ3) is 2.91. The molecule has 1 N–H and O–H groups in total. The molecule has 0 aliphatic heterocycles. The molecule has 0 saturated carbocycles. The van der Waals surface area contributed by atoms with Gasteiger partial charge in [-0.25, -0.2) is 9.97 Å². The van der Waals surface area contributed by atoms with Crippen molar-refractivity contribution in [3.8, 4) is 10.6 Å². The minimum absolute atomic E-state index is 0.0183. The number of thiophene rings is 1. The highest BCUT2D eigenvalue weighted by Gasteiger charge is 2.15. The first-order valence-corrected chi connectivity index (χ1v) is 7.72. The van der Waals surface area contributed by atoms with Crippen molar-refractivity contribution in [2.75, 3.05) is 5.32 Å². The van der Waals surface area contributed by atoms with E-state index in [0.29, 0.717) is 0 Å². The predicted molar refractivity (Wildman–Crippen MR) is 79.9 cm³/mol. The molecule has 0 aromatic carbocycles. The number of aromatic nitrogens is 2. The van der Waals surface area contributed by atoms with E-state index in [1.807, 2.05) is 16.8 Å². The number of Topliss-reactive ketones (excluding diaryl/α,β-unsaturated/α-hetero) is 1. The third-order valence-electron chi connectivity index (χ3n) is 2.58. The summed E-state index contributed by atoms with van der Waals surface area (Å²) in [5, 5.41) is 8.83. The Hall–Kier alpha value is -2.32. The van der Waals surface area contributed by atoms with Gasteiger partial charge in [-0.3, -0.25) is 14.9 Å². The summed E-state index contributed by atoms with van der Waals surface area (Å²) in [5.41, 5.74) is 1.27. The zero-order valence-electron chi connectivity index (χ0n) is 10.8. The van der Waals surface area contributed by atoms with Crippen LogP contribution in [0.2, 0.25) is 0 Å². The summed E-state index contributed by atoms with van der Waals surface area (Å²) in [5.74, 6) is -0.580. The largest absolute Gasteiger partial charge is 0.420 e. The Labute approximate surface area is 127 Å². The van der Waals surface area contributed by atoms with Gasteiger partial charge in [-0.2, -0.15) is 11.3 Å². The Morgan fingerprint density at radius 1 is 1.33 bits per heavy atom. The number of oxazole rings is 1. The summed E-state index contributed by atoms with van der Waals surface area (Å²) in [6, 6.07) is 1.92. The molecule has 8 heteroatoms. The lowest BCUT2D eigenvalue weighted by molar-refractivity contribution is 0.0980. The second-order valence-electron chi connectivity index (χ2n) is 4.09. The van der Waals surface area contributed by atoms with Gasteiger partial charge >= 0.3 is 6.01 Å². The first-order valence-electron chi connectivity index (χ1n) is 5.89. The van der Waals surface area contributed by atoms with Gasteiger partial charge in [0.05, 0.1) is 6.20 Å². The minimum Gasteiger partial charge on any atom is -0.420 e. The molecule has 3 aromatic rings. The molecule has 6 nitrogen and oxygen atoms in total. The van der Waals surface area contributed by atoms with Gasteiger partial charge in [-0.15, -0.1) is 11.3 Å². The number of carbonyl (C=O) groups excluding carboxylic acids is 2. The van der Waals surface area contributed by atoms with Gasteiger partial charge in [-0.05, 0) is 11.4 Å². The SMILES string of the molecule is CC(=O)c1cnc(NC(=O)c2csc(-c3ccsc3)n2)o1. The standard InChI is InChI=1S/C13H9N3O3S2/c1-7(17)10-4-14-13(19-10)16-11(18)9-6-21-12(15-9)8-2-3-20-5-8/h2-6H,1H3,(H,14,16,18). The van der Waals surface area contributed by atoms with Crippen molar-refractivity contribution in [3.05, 3.63) is 39.9 Å². The van der Waals surface area contributed by atoms with E-state index in [4.69, 9.17) is 4.42 Å². The van der Waals surface area contributed by atoms with Gasteiger partial charge in [0.1, 0.15) is 10.7 Å². The molecule has 0 atom stereocenters. The van der Waals surface area contributed by atoms with Crippen molar-refractivity contribution in [3.63, 3.8) is 0 Å². The van der Waals surface area contributed by atoms with Gasteiger partial charge in [0, 0.05) is 23.2 Å². The predicted octanol–water partition coefficient (Wildman–Crippen LogP) is 3.31.